The van der Waals surface area contributed by atoms with Gasteiger partial charge in [-0.05, 0) is 36.8 Å². The third-order valence-electron chi connectivity index (χ3n) is 3.07. The quantitative estimate of drug-likeness (QED) is 0.631. The van der Waals surface area contributed by atoms with Crippen LogP contribution in [0.2, 0.25) is 0 Å². The molecule has 0 fully saturated rings. The normalized spacial score (nSPS) is 9.96. The van der Waals surface area contributed by atoms with Gasteiger partial charge >= 0.3 is 11.9 Å². The Morgan fingerprint density at radius 3 is 2.33 bits per heavy atom. The number of hydrogen-bond acceptors (Lipinski definition) is 7. The van der Waals surface area contributed by atoms with Gasteiger partial charge in [0.2, 0.25) is 0 Å². The summed E-state index contributed by atoms with van der Waals surface area (Å²) < 4.78 is 9.52. The summed E-state index contributed by atoms with van der Waals surface area (Å²) in [6.45, 7) is 1.65. The Hall–Kier alpha value is -2.52. The van der Waals surface area contributed by atoms with Crippen LogP contribution in [0.1, 0.15) is 25.6 Å². The zero-order chi connectivity index (χ0) is 17.7. The number of esters is 2. The van der Waals surface area contributed by atoms with Crippen molar-refractivity contribution < 1.29 is 19.1 Å². The molecule has 0 spiro atoms. The first-order chi connectivity index (χ1) is 11.5. The van der Waals surface area contributed by atoms with Gasteiger partial charge in [0, 0.05) is 18.1 Å². The van der Waals surface area contributed by atoms with Crippen LogP contribution < -0.4 is 10.6 Å². The second-order valence-corrected chi connectivity index (χ2v) is 5.99. The average Bonchev–Trinajstić information content (AvgIpc) is 2.90. The summed E-state index contributed by atoms with van der Waals surface area (Å²) in [5, 5.41) is 6.57. The van der Waals surface area contributed by atoms with E-state index in [2.05, 4.69) is 15.6 Å². The third kappa shape index (κ3) is 3.87. The predicted molar refractivity (Wildman–Crippen MR) is 95.8 cm³/mol. The lowest BCUT2D eigenvalue weighted by atomic mass is 10.1. The van der Waals surface area contributed by atoms with Crippen LogP contribution in [-0.2, 0) is 9.47 Å². The molecule has 126 valence electrons. The minimum Gasteiger partial charge on any atom is -0.465 e. The monoisotopic (exact) mass is 365 g/mol. The Morgan fingerprint density at radius 1 is 1.12 bits per heavy atom. The van der Waals surface area contributed by atoms with Crippen LogP contribution in [-0.4, -0.2) is 36.3 Å². The van der Waals surface area contributed by atoms with Crippen molar-refractivity contribution in [2.45, 2.75) is 6.92 Å². The van der Waals surface area contributed by atoms with Gasteiger partial charge < -0.3 is 20.1 Å². The maximum absolute atomic E-state index is 12.0. The van der Waals surface area contributed by atoms with E-state index in [4.69, 9.17) is 21.7 Å². The van der Waals surface area contributed by atoms with Gasteiger partial charge in [0.05, 0.1) is 19.8 Å². The number of methoxy groups -OCH3 is 2. The fourth-order valence-electron chi connectivity index (χ4n) is 1.94. The number of pyridine rings is 1. The van der Waals surface area contributed by atoms with Crippen LogP contribution in [0.25, 0.3) is 0 Å². The van der Waals surface area contributed by atoms with E-state index < -0.39 is 11.9 Å². The molecule has 0 atom stereocenters. The SMILES string of the molecule is COC(=O)c1sc(NC(=S)Nc2ccncc2)c(C(=O)OC)c1C. The molecule has 0 amide bonds. The summed E-state index contributed by atoms with van der Waals surface area (Å²) in [7, 11) is 2.55. The third-order valence-corrected chi connectivity index (χ3v) is 4.46. The summed E-state index contributed by atoms with van der Waals surface area (Å²) in [6, 6.07) is 3.49. The second kappa shape index (κ2) is 7.84. The Bertz CT molecular complexity index is 775. The Balaban J connectivity index is 2.29. The van der Waals surface area contributed by atoms with Gasteiger partial charge in [-0.15, -0.1) is 11.3 Å². The molecule has 0 aliphatic rings. The van der Waals surface area contributed by atoms with Gasteiger partial charge in [-0.25, -0.2) is 9.59 Å². The molecule has 0 saturated carbocycles. The molecule has 7 nitrogen and oxygen atoms in total. The largest absolute Gasteiger partial charge is 0.465 e. The van der Waals surface area contributed by atoms with Crippen LogP contribution in [0.5, 0.6) is 0 Å². The molecule has 0 radical (unpaired) electrons. The summed E-state index contributed by atoms with van der Waals surface area (Å²) in [6.07, 6.45) is 3.24. The molecule has 0 bridgehead atoms. The van der Waals surface area contributed by atoms with Crippen LogP contribution in [0, 0.1) is 6.92 Å². The molecule has 2 aromatic rings. The van der Waals surface area contributed by atoms with E-state index in [9.17, 15) is 9.59 Å². The van der Waals surface area contributed by atoms with E-state index in [0.29, 0.717) is 15.4 Å². The highest BCUT2D eigenvalue weighted by Crippen LogP contribution is 2.34. The predicted octanol–water partition coefficient (Wildman–Crippen LogP) is 2.83. The summed E-state index contributed by atoms with van der Waals surface area (Å²) in [5.41, 5.74) is 1.47. The van der Waals surface area contributed by atoms with E-state index in [0.717, 1.165) is 17.0 Å². The lowest BCUT2D eigenvalue weighted by Gasteiger charge is -2.10. The van der Waals surface area contributed by atoms with E-state index in [1.165, 1.54) is 14.2 Å². The maximum Gasteiger partial charge on any atom is 0.348 e. The molecule has 24 heavy (non-hydrogen) atoms. The van der Waals surface area contributed by atoms with Crippen LogP contribution >= 0.6 is 23.6 Å². The van der Waals surface area contributed by atoms with Crippen LogP contribution in [0.3, 0.4) is 0 Å². The molecule has 0 aliphatic carbocycles. The molecule has 2 aromatic heterocycles. The second-order valence-electron chi connectivity index (χ2n) is 4.56. The van der Waals surface area contributed by atoms with Crippen LogP contribution in [0.4, 0.5) is 10.7 Å². The highest BCUT2D eigenvalue weighted by atomic mass is 32.1. The Kier molecular flexibility index (Phi) is 5.83. The number of ether oxygens (including phenoxy) is 2. The summed E-state index contributed by atoms with van der Waals surface area (Å²) >= 11 is 6.32. The number of rotatable bonds is 4. The number of nitrogens with zero attached hydrogens (tertiary/aromatic N) is 1. The highest BCUT2D eigenvalue weighted by molar-refractivity contribution is 7.80. The van der Waals surface area contributed by atoms with E-state index in [1.54, 1.807) is 31.5 Å². The van der Waals surface area contributed by atoms with E-state index in [-0.39, 0.29) is 10.7 Å². The molecule has 0 aliphatic heterocycles. The van der Waals surface area contributed by atoms with Crippen molar-refractivity contribution in [3.05, 3.63) is 40.5 Å². The number of anilines is 2. The molecule has 0 aromatic carbocycles. The maximum atomic E-state index is 12.0. The van der Waals surface area contributed by atoms with Crippen molar-refractivity contribution in [2.24, 2.45) is 0 Å². The van der Waals surface area contributed by atoms with Crippen molar-refractivity contribution >= 4 is 51.3 Å². The summed E-state index contributed by atoms with van der Waals surface area (Å²) in [5.74, 6) is -1.09. The molecule has 0 saturated heterocycles. The number of aromatic nitrogens is 1. The molecule has 2 N–H and O–H groups in total. The topological polar surface area (TPSA) is 89.5 Å². The number of nitrogens with one attached hydrogen (secondary N) is 2. The fraction of sp³-hybridized carbons (Fsp3) is 0.200. The average molecular weight is 365 g/mol. The van der Waals surface area contributed by atoms with E-state index in [1.807, 2.05) is 0 Å². The van der Waals surface area contributed by atoms with Crippen molar-refractivity contribution in [3.63, 3.8) is 0 Å². The number of carbonyl (C=O) groups excluding carboxylic acids is 2. The molecule has 2 rings (SSSR count). The van der Waals surface area contributed by atoms with Crippen molar-refractivity contribution in [1.82, 2.24) is 4.98 Å². The zero-order valence-electron chi connectivity index (χ0n) is 13.2. The molecule has 2 heterocycles. The van der Waals surface area contributed by atoms with Gasteiger partial charge in [-0.1, -0.05) is 0 Å². The fourth-order valence-corrected chi connectivity index (χ4v) is 3.34. The Morgan fingerprint density at radius 2 is 1.75 bits per heavy atom. The van der Waals surface area contributed by atoms with Gasteiger partial charge in [-0.3, -0.25) is 4.98 Å². The first-order valence-corrected chi connectivity index (χ1v) is 7.98. The van der Waals surface area contributed by atoms with Crippen molar-refractivity contribution in [3.8, 4) is 0 Å². The highest BCUT2D eigenvalue weighted by Gasteiger charge is 2.26. The minimum atomic E-state index is -0.562. The Labute approximate surface area is 148 Å². The number of hydrogen-bond donors (Lipinski definition) is 2. The number of thiocarbonyl (C=S) groups is 1. The first-order valence-electron chi connectivity index (χ1n) is 6.76. The molecule has 0 unspecified atom stereocenters. The lowest BCUT2D eigenvalue weighted by molar-refractivity contribution is 0.0601. The summed E-state index contributed by atoms with van der Waals surface area (Å²) in [4.78, 5) is 28.1. The first kappa shape index (κ1) is 17.8. The lowest BCUT2D eigenvalue weighted by Crippen LogP contribution is -2.20. The number of carbonyl (C=O) groups is 2. The van der Waals surface area contributed by atoms with Gasteiger partial charge in [0.25, 0.3) is 0 Å². The van der Waals surface area contributed by atoms with Gasteiger partial charge in [0.15, 0.2) is 5.11 Å². The minimum absolute atomic E-state index is 0.252. The van der Waals surface area contributed by atoms with Crippen LogP contribution in [0.15, 0.2) is 24.5 Å². The standard InChI is InChI=1S/C15H15N3O4S2/c1-8-10(13(19)21-2)12(24-11(8)14(20)22-3)18-15(23)17-9-4-6-16-7-5-9/h4-7H,1-3H3,(H2,16,17,18,23). The van der Waals surface area contributed by atoms with Gasteiger partial charge in [-0.2, -0.15) is 0 Å². The van der Waals surface area contributed by atoms with Crippen molar-refractivity contribution in [1.29, 1.82) is 0 Å². The molecule has 9 heteroatoms. The smallest absolute Gasteiger partial charge is 0.348 e. The van der Waals surface area contributed by atoms with E-state index >= 15 is 0 Å². The molecular formula is C15H15N3O4S2. The van der Waals surface area contributed by atoms with Gasteiger partial charge in [0.1, 0.15) is 9.88 Å². The molecular weight excluding hydrogens is 350 g/mol. The van der Waals surface area contributed by atoms with Crippen molar-refractivity contribution in [2.75, 3.05) is 24.9 Å². The zero-order valence-corrected chi connectivity index (χ0v) is 14.8. The number of thiophene rings is 1.